The van der Waals surface area contributed by atoms with Gasteiger partial charge in [0.2, 0.25) is 0 Å². The van der Waals surface area contributed by atoms with E-state index in [0.29, 0.717) is 13.0 Å². The molecule has 0 unspecified atom stereocenters. The van der Waals surface area contributed by atoms with Gasteiger partial charge in [0, 0.05) is 11.8 Å². The van der Waals surface area contributed by atoms with Crippen LogP contribution in [0.2, 0.25) is 0 Å². The zero-order valence-corrected chi connectivity index (χ0v) is 14.6. The van der Waals surface area contributed by atoms with Gasteiger partial charge in [0.15, 0.2) is 0 Å². The summed E-state index contributed by atoms with van der Waals surface area (Å²) in [6.07, 6.45) is 16.5. The second kappa shape index (κ2) is 16.7. The number of alkyl halides is 1. The topological polar surface area (TPSA) is 26.3 Å². The number of ether oxygens (including phenoxy) is 1. The Labute approximate surface area is 133 Å². The Morgan fingerprint density at radius 1 is 0.950 bits per heavy atom. The molecule has 0 amide bonds. The minimum absolute atomic E-state index is 0.0372. The summed E-state index contributed by atoms with van der Waals surface area (Å²) < 4.78 is 5.20. The highest BCUT2D eigenvalue weighted by Crippen LogP contribution is 2.07. The van der Waals surface area contributed by atoms with Crippen LogP contribution in [0.4, 0.5) is 0 Å². The highest BCUT2D eigenvalue weighted by Gasteiger charge is 2.01. The number of carbonyl (C=O) groups excluding carboxylic acids is 1. The van der Waals surface area contributed by atoms with Crippen molar-refractivity contribution in [2.24, 2.45) is 0 Å². The SMILES string of the molecule is CCCCCC=CCCOC(=O)CCCCCCCBr. The van der Waals surface area contributed by atoms with Gasteiger partial charge < -0.3 is 4.74 Å². The summed E-state index contributed by atoms with van der Waals surface area (Å²) in [6, 6.07) is 0. The first kappa shape index (κ1) is 19.7. The van der Waals surface area contributed by atoms with Crippen molar-refractivity contribution in [1.29, 1.82) is 0 Å². The van der Waals surface area contributed by atoms with Gasteiger partial charge in [-0.15, -0.1) is 0 Å². The fourth-order valence-electron chi connectivity index (χ4n) is 1.96. The van der Waals surface area contributed by atoms with E-state index >= 15 is 0 Å². The molecule has 0 bridgehead atoms. The molecule has 0 aliphatic heterocycles. The molecule has 0 saturated carbocycles. The van der Waals surface area contributed by atoms with Gasteiger partial charge in [0.1, 0.15) is 0 Å². The Balaban J connectivity index is 3.24. The number of hydrogen-bond donors (Lipinski definition) is 0. The van der Waals surface area contributed by atoms with E-state index in [0.717, 1.165) is 31.0 Å². The molecule has 0 aromatic rings. The molecule has 0 atom stereocenters. The van der Waals surface area contributed by atoms with Gasteiger partial charge in [0.05, 0.1) is 6.61 Å². The van der Waals surface area contributed by atoms with Crippen LogP contribution in [-0.4, -0.2) is 17.9 Å². The first-order valence-corrected chi connectivity index (χ1v) is 9.30. The number of unbranched alkanes of at least 4 members (excludes halogenated alkanes) is 7. The van der Waals surface area contributed by atoms with Crippen molar-refractivity contribution in [3.8, 4) is 0 Å². The lowest BCUT2D eigenvalue weighted by Crippen LogP contribution is -2.04. The van der Waals surface area contributed by atoms with Crippen molar-refractivity contribution < 1.29 is 9.53 Å². The quantitative estimate of drug-likeness (QED) is 0.172. The van der Waals surface area contributed by atoms with E-state index < -0.39 is 0 Å². The molecule has 0 N–H and O–H groups in total. The molecule has 0 aromatic heterocycles. The summed E-state index contributed by atoms with van der Waals surface area (Å²) in [5, 5.41) is 1.08. The van der Waals surface area contributed by atoms with E-state index in [2.05, 4.69) is 35.0 Å². The van der Waals surface area contributed by atoms with Gasteiger partial charge >= 0.3 is 5.97 Å². The summed E-state index contributed by atoms with van der Waals surface area (Å²) >= 11 is 3.42. The lowest BCUT2D eigenvalue weighted by Gasteiger charge is -2.03. The normalized spacial score (nSPS) is 11.1. The number of carbonyl (C=O) groups is 1. The molecule has 0 radical (unpaired) electrons. The van der Waals surface area contributed by atoms with Crippen LogP contribution in [0.3, 0.4) is 0 Å². The molecule has 0 heterocycles. The molecule has 0 fully saturated rings. The average molecular weight is 347 g/mol. The summed E-state index contributed by atoms with van der Waals surface area (Å²) in [5.41, 5.74) is 0. The van der Waals surface area contributed by atoms with E-state index in [-0.39, 0.29) is 5.97 Å². The molecular weight excluding hydrogens is 316 g/mol. The number of rotatable bonds is 14. The number of hydrogen-bond acceptors (Lipinski definition) is 2. The minimum Gasteiger partial charge on any atom is -0.465 e. The molecule has 3 heteroatoms. The molecular formula is C17H31BrO2. The standard InChI is InChI=1S/C17H31BrO2/c1-2-3-4-5-6-10-13-16-20-17(19)14-11-8-7-9-12-15-18/h6,10H,2-5,7-9,11-16H2,1H3. The Morgan fingerprint density at radius 3 is 2.40 bits per heavy atom. The molecule has 0 saturated heterocycles. The smallest absolute Gasteiger partial charge is 0.305 e. The summed E-state index contributed by atoms with van der Waals surface area (Å²) in [6.45, 7) is 2.75. The molecule has 118 valence electrons. The van der Waals surface area contributed by atoms with Gasteiger partial charge in [-0.1, -0.05) is 67.1 Å². The summed E-state index contributed by atoms with van der Waals surface area (Å²) in [5.74, 6) is -0.0372. The van der Waals surface area contributed by atoms with Gasteiger partial charge in [-0.05, 0) is 32.1 Å². The van der Waals surface area contributed by atoms with E-state index in [1.54, 1.807) is 0 Å². The van der Waals surface area contributed by atoms with Crippen LogP contribution in [-0.2, 0) is 9.53 Å². The van der Waals surface area contributed by atoms with Crippen molar-refractivity contribution >= 4 is 21.9 Å². The van der Waals surface area contributed by atoms with Gasteiger partial charge in [0.25, 0.3) is 0 Å². The molecule has 0 spiro atoms. The van der Waals surface area contributed by atoms with E-state index in [1.807, 2.05) is 0 Å². The molecule has 2 nitrogen and oxygen atoms in total. The third-order valence-electron chi connectivity index (χ3n) is 3.20. The van der Waals surface area contributed by atoms with Crippen molar-refractivity contribution in [2.75, 3.05) is 11.9 Å². The predicted octanol–water partition coefficient (Wildman–Crippen LogP) is 5.79. The van der Waals surface area contributed by atoms with E-state index in [1.165, 1.54) is 38.5 Å². The lowest BCUT2D eigenvalue weighted by molar-refractivity contribution is -0.143. The Morgan fingerprint density at radius 2 is 1.65 bits per heavy atom. The molecule has 0 aliphatic rings. The maximum atomic E-state index is 11.5. The van der Waals surface area contributed by atoms with Gasteiger partial charge in [-0.2, -0.15) is 0 Å². The Bertz CT molecular complexity index is 239. The Hall–Kier alpha value is -0.310. The summed E-state index contributed by atoms with van der Waals surface area (Å²) in [4.78, 5) is 11.5. The van der Waals surface area contributed by atoms with E-state index in [4.69, 9.17) is 4.74 Å². The molecule has 0 rings (SSSR count). The van der Waals surface area contributed by atoms with E-state index in [9.17, 15) is 4.79 Å². The van der Waals surface area contributed by atoms with Crippen molar-refractivity contribution in [1.82, 2.24) is 0 Å². The van der Waals surface area contributed by atoms with Gasteiger partial charge in [-0.3, -0.25) is 4.79 Å². The fraction of sp³-hybridized carbons (Fsp3) is 0.824. The third kappa shape index (κ3) is 15.7. The number of halogens is 1. The highest BCUT2D eigenvalue weighted by molar-refractivity contribution is 9.09. The van der Waals surface area contributed by atoms with Crippen LogP contribution in [0.1, 0.15) is 77.6 Å². The largest absolute Gasteiger partial charge is 0.465 e. The third-order valence-corrected chi connectivity index (χ3v) is 3.76. The fourth-order valence-corrected chi connectivity index (χ4v) is 2.35. The maximum absolute atomic E-state index is 11.5. The average Bonchev–Trinajstić information content (AvgIpc) is 2.45. The van der Waals surface area contributed by atoms with Crippen LogP contribution in [0, 0.1) is 0 Å². The Kier molecular flexibility index (Phi) is 16.5. The van der Waals surface area contributed by atoms with Gasteiger partial charge in [-0.25, -0.2) is 0 Å². The monoisotopic (exact) mass is 346 g/mol. The zero-order valence-electron chi connectivity index (χ0n) is 13.0. The van der Waals surface area contributed by atoms with Crippen LogP contribution in [0.5, 0.6) is 0 Å². The van der Waals surface area contributed by atoms with Crippen molar-refractivity contribution in [3.63, 3.8) is 0 Å². The second-order valence-electron chi connectivity index (χ2n) is 5.18. The van der Waals surface area contributed by atoms with Crippen LogP contribution >= 0.6 is 15.9 Å². The second-order valence-corrected chi connectivity index (χ2v) is 5.98. The zero-order chi connectivity index (χ0) is 14.9. The first-order chi connectivity index (χ1) is 9.81. The predicted molar refractivity (Wildman–Crippen MR) is 90.4 cm³/mol. The number of allylic oxidation sites excluding steroid dienone is 1. The molecule has 0 aliphatic carbocycles. The number of esters is 1. The first-order valence-electron chi connectivity index (χ1n) is 8.17. The van der Waals surface area contributed by atoms with Crippen LogP contribution in [0.25, 0.3) is 0 Å². The molecule has 20 heavy (non-hydrogen) atoms. The summed E-state index contributed by atoms with van der Waals surface area (Å²) in [7, 11) is 0. The minimum atomic E-state index is -0.0372. The lowest BCUT2D eigenvalue weighted by atomic mass is 10.1. The van der Waals surface area contributed by atoms with Crippen LogP contribution in [0.15, 0.2) is 12.2 Å². The van der Waals surface area contributed by atoms with Crippen molar-refractivity contribution in [3.05, 3.63) is 12.2 Å². The maximum Gasteiger partial charge on any atom is 0.305 e. The molecule has 0 aromatic carbocycles. The highest BCUT2D eigenvalue weighted by atomic mass is 79.9. The van der Waals surface area contributed by atoms with Crippen molar-refractivity contribution in [2.45, 2.75) is 77.6 Å². The van der Waals surface area contributed by atoms with Crippen LogP contribution < -0.4 is 0 Å².